The van der Waals surface area contributed by atoms with Crippen molar-refractivity contribution in [2.75, 3.05) is 0 Å². The highest BCUT2D eigenvalue weighted by atomic mass is 16.3. The molecule has 0 radical (unpaired) electrons. The minimum Gasteiger partial charge on any atom is -0.386 e. The Morgan fingerprint density at radius 1 is 1.46 bits per heavy atom. The van der Waals surface area contributed by atoms with Crippen LogP contribution in [0.15, 0.2) is 36.5 Å². The summed E-state index contributed by atoms with van der Waals surface area (Å²) < 4.78 is 0. The highest BCUT2D eigenvalue weighted by Crippen LogP contribution is 2.16. The molecule has 0 aromatic carbocycles. The molecular formula is C12H18O. The predicted molar refractivity (Wildman–Crippen MR) is 56.4 cm³/mol. The lowest BCUT2D eigenvalue weighted by Gasteiger charge is -2.13. The van der Waals surface area contributed by atoms with Crippen LogP contribution in [0.2, 0.25) is 0 Å². The van der Waals surface area contributed by atoms with Gasteiger partial charge in [-0.25, -0.2) is 0 Å². The van der Waals surface area contributed by atoms with Gasteiger partial charge in [0.25, 0.3) is 0 Å². The maximum atomic E-state index is 9.43. The normalized spacial score (nSPS) is 22.8. The molecule has 13 heavy (non-hydrogen) atoms. The standard InChI is InChI=1S/C12H18O/c1-12(2,13)10-6-9-11-7-4-3-5-8-11/h3-7,10-11,13H,8-9H2,1-2H3/b10-6+. The quantitative estimate of drug-likeness (QED) is 0.659. The molecule has 0 aliphatic heterocycles. The Balaban J connectivity index is 2.30. The van der Waals surface area contributed by atoms with E-state index in [2.05, 4.69) is 30.4 Å². The Labute approximate surface area is 80.5 Å². The monoisotopic (exact) mass is 178 g/mol. The van der Waals surface area contributed by atoms with Crippen LogP contribution >= 0.6 is 0 Å². The van der Waals surface area contributed by atoms with Crippen LogP contribution in [0.5, 0.6) is 0 Å². The molecule has 0 bridgehead atoms. The average Bonchev–Trinajstić information content (AvgIpc) is 2.04. The van der Waals surface area contributed by atoms with Crippen LogP contribution in [-0.4, -0.2) is 10.7 Å². The first-order valence-electron chi connectivity index (χ1n) is 4.81. The number of aliphatic hydroxyl groups is 1. The third kappa shape index (κ3) is 4.69. The smallest absolute Gasteiger partial charge is 0.0771 e. The summed E-state index contributed by atoms with van der Waals surface area (Å²) in [6, 6.07) is 0. The van der Waals surface area contributed by atoms with Gasteiger partial charge in [0.2, 0.25) is 0 Å². The molecular weight excluding hydrogens is 160 g/mol. The van der Waals surface area contributed by atoms with E-state index in [1.54, 1.807) is 13.8 Å². The summed E-state index contributed by atoms with van der Waals surface area (Å²) in [6.07, 6.45) is 14.6. The molecule has 1 unspecified atom stereocenters. The van der Waals surface area contributed by atoms with Crippen LogP contribution in [0, 0.1) is 5.92 Å². The third-order valence-corrected chi connectivity index (χ3v) is 2.03. The summed E-state index contributed by atoms with van der Waals surface area (Å²) in [6.45, 7) is 3.58. The number of hydrogen-bond donors (Lipinski definition) is 1. The van der Waals surface area contributed by atoms with Crippen LogP contribution in [-0.2, 0) is 0 Å². The van der Waals surface area contributed by atoms with Gasteiger partial charge in [-0.15, -0.1) is 0 Å². The van der Waals surface area contributed by atoms with Crippen molar-refractivity contribution in [3.05, 3.63) is 36.5 Å². The van der Waals surface area contributed by atoms with E-state index in [1.165, 1.54) is 0 Å². The topological polar surface area (TPSA) is 20.2 Å². The summed E-state index contributed by atoms with van der Waals surface area (Å²) in [5, 5.41) is 9.43. The minimum absolute atomic E-state index is 0.614. The van der Waals surface area contributed by atoms with Crippen molar-refractivity contribution < 1.29 is 5.11 Å². The van der Waals surface area contributed by atoms with Gasteiger partial charge in [-0.3, -0.25) is 0 Å². The van der Waals surface area contributed by atoms with Gasteiger partial charge in [0.15, 0.2) is 0 Å². The zero-order chi connectivity index (χ0) is 9.73. The highest BCUT2D eigenvalue weighted by Gasteiger charge is 2.07. The Morgan fingerprint density at radius 3 is 2.77 bits per heavy atom. The number of allylic oxidation sites excluding steroid dienone is 5. The van der Waals surface area contributed by atoms with Crippen molar-refractivity contribution in [1.29, 1.82) is 0 Å². The molecule has 0 aromatic heterocycles. The fourth-order valence-corrected chi connectivity index (χ4v) is 1.34. The first-order chi connectivity index (χ1) is 6.08. The molecule has 1 heteroatoms. The molecule has 0 saturated heterocycles. The molecule has 1 aliphatic rings. The van der Waals surface area contributed by atoms with Crippen molar-refractivity contribution in [2.24, 2.45) is 5.92 Å². The van der Waals surface area contributed by atoms with Crippen LogP contribution in [0.25, 0.3) is 0 Å². The van der Waals surface area contributed by atoms with Crippen LogP contribution in [0.3, 0.4) is 0 Å². The minimum atomic E-state index is -0.672. The second-order valence-corrected chi connectivity index (χ2v) is 4.10. The fourth-order valence-electron chi connectivity index (χ4n) is 1.34. The summed E-state index contributed by atoms with van der Waals surface area (Å²) >= 11 is 0. The van der Waals surface area contributed by atoms with Crippen LogP contribution in [0.4, 0.5) is 0 Å². The lowest BCUT2D eigenvalue weighted by molar-refractivity contribution is 0.133. The molecule has 0 aromatic rings. The molecule has 1 rings (SSSR count). The highest BCUT2D eigenvalue weighted by molar-refractivity contribution is 5.12. The van der Waals surface area contributed by atoms with E-state index in [-0.39, 0.29) is 0 Å². The zero-order valence-electron chi connectivity index (χ0n) is 8.40. The van der Waals surface area contributed by atoms with Crippen LogP contribution in [0.1, 0.15) is 26.7 Å². The SMILES string of the molecule is CC(C)(O)/C=C/CC1C=CC=CC1. The number of hydrogen-bond acceptors (Lipinski definition) is 1. The van der Waals surface area contributed by atoms with Gasteiger partial charge in [-0.2, -0.15) is 0 Å². The van der Waals surface area contributed by atoms with Gasteiger partial charge >= 0.3 is 0 Å². The average molecular weight is 178 g/mol. The Morgan fingerprint density at radius 2 is 2.23 bits per heavy atom. The van der Waals surface area contributed by atoms with Gasteiger partial charge in [-0.1, -0.05) is 36.5 Å². The van der Waals surface area contributed by atoms with E-state index < -0.39 is 5.60 Å². The second-order valence-electron chi connectivity index (χ2n) is 4.10. The molecule has 0 heterocycles. The van der Waals surface area contributed by atoms with Gasteiger partial charge in [0.05, 0.1) is 5.60 Å². The first-order valence-corrected chi connectivity index (χ1v) is 4.81. The Hall–Kier alpha value is -0.820. The van der Waals surface area contributed by atoms with Gasteiger partial charge in [-0.05, 0) is 32.6 Å². The van der Waals surface area contributed by atoms with Crippen molar-refractivity contribution in [3.8, 4) is 0 Å². The molecule has 0 fully saturated rings. The lowest BCUT2D eigenvalue weighted by Crippen LogP contribution is -2.13. The van der Waals surface area contributed by atoms with Crippen LogP contribution < -0.4 is 0 Å². The molecule has 0 amide bonds. The molecule has 1 nitrogen and oxygen atoms in total. The van der Waals surface area contributed by atoms with E-state index in [4.69, 9.17) is 0 Å². The summed E-state index contributed by atoms with van der Waals surface area (Å²) in [5.74, 6) is 0.614. The lowest BCUT2D eigenvalue weighted by atomic mass is 9.96. The Kier molecular flexibility index (Phi) is 3.49. The maximum Gasteiger partial charge on any atom is 0.0771 e. The van der Waals surface area contributed by atoms with Crippen molar-refractivity contribution in [1.82, 2.24) is 0 Å². The van der Waals surface area contributed by atoms with Crippen molar-refractivity contribution in [2.45, 2.75) is 32.3 Å². The van der Waals surface area contributed by atoms with Crippen molar-refractivity contribution in [3.63, 3.8) is 0 Å². The second kappa shape index (κ2) is 4.43. The summed E-state index contributed by atoms with van der Waals surface area (Å²) in [4.78, 5) is 0. The van der Waals surface area contributed by atoms with E-state index in [9.17, 15) is 5.11 Å². The summed E-state index contributed by atoms with van der Waals surface area (Å²) in [5.41, 5.74) is -0.672. The molecule has 1 aliphatic carbocycles. The van der Waals surface area contributed by atoms with E-state index in [0.717, 1.165) is 12.8 Å². The molecule has 72 valence electrons. The Bertz CT molecular complexity index is 228. The first kappa shape index (κ1) is 10.3. The zero-order valence-corrected chi connectivity index (χ0v) is 8.40. The fraction of sp³-hybridized carbons (Fsp3) is 0.500. The van der Waals surface area contributed by atoms with E-state index in [0.29, 0.717) is 5.92 Å². The van der Waals surface area contributed by atoms with Gasteiger partial charge in [0.1, 0.15) is 0 Å². The van der Waals surface area contributed by atoms with Gasteiger partial charge < -0.3 is 5.11 Å². The van der Waals surface area contributed by atoms with Crippen molar-refractivity contribution >= 4 is 0 Å². The molecule has 0 spiro atoms. The maximum absolute atomic E-state index is 9.43. The third-order valence-electron chi connectivity index (χ3n) is 2.03. The molecule has 1 atom stereocenters. The molecule has 0 saturated carbocycles. The van der Waals surface area contributed by atoms with Gasteiger partial charge in [0, 0.05) is 0 Å². The summed E-state index contributed by atoms with van der Waals surface area (Å²) in [7, 11) is 0. The van der Waals surface area contributed by atoms with E-state index >= 15 is 0 Å². The predicted octanol–water partition coefficient (Wildman–Crippen LogP) is 2.84. The van der Waals surface area contributed by atoms with E-state index in [1.807, 2.05) is 6.08 Å². The number of rotatable bonds is 3. The molecule has 1 N–H and O–H groups in total. The largest absolute Gasteiger partial charge is 0.386 e.